The highest BCUT2D eigenvalue weighted by Crippen LogP contribution is 2.28. The molecule has 0 spiro atoms. The van der Waals surface area contributed by atoms with Crippen molar-refractivity contribution in [1.82, 2.24) is 0 Å². The number of halogens is 1. The highest BCUT2D eigenvalue weighted by Gasteiger charge is 2.30. The van der Waals surface area contributed by atoms with Crippen molar-refractivity contribution in [1.29, 1.82) is 0 Å². The van der Waals surface area contributed by atoms with Crippen molar-refractivity contribution < 1.29 is 17.9 Å². The van der Waals surface area contributed by atoms with Crippen LogP contribution in [-0.4, -0.2) is 33.7 Å². The third-order valence-electron chi connectivity index (χ3n) is 3.83. The molecule has 1 atom stereocenters. The lowest BCUT2D eigenvalue weighted by molar-refractivity contribution is -0.116. The molecule has 0 radical (unpaired) electrons. The Labute approximate surface area is 158 Å². The summed E-state index contributed by atoms with van der Waals surface area (Å²) in [5, 5.41) is 3.10. The van der Waals surface area contributed by atoms with Gasteiger partial charge in [0, 0.05) is 16.8 Å². The van der Waals surface area contributed by atoms with Crippen LogP contribution >= 0.6 is 11.6 Å². The number of hydrogen-bond acceptors (Lipinski definition) is 4. The number of benzene rings is 2. The Kier molecular flexibility index (Phi) is 6.15. The molecule has 1 N–H and O–H groups in total. The normalized spacial score (nSPS) is 12.3. The zero-order valence-electron chi connectivity index (χ0n) is 15.0. The summed E-state index contributed by atoms with van der Waals surface area (Å²) < 4.78 is 31.0. The van der Waals surface area contributed by atoms with Crippen LogP contribution < -0.4 is 14.4 Å². The Bertz CT molecular complexity index is 915. The van der Waals surface area contributed by atoms with Crippen molar-refractivity contribution in [3.05, 3.63) is 53.1 Å². The summed E-state index contributed by atoms with van der Waals surface area (Å²) in [6.45, 7) is 3.29. The van der Waals surface area contributed by atoms with Crippen LogP contribution in [-0.2, 0) is 14.8 Å². The number of nitrogens with zero attached hydrogens (tertiary/aromatic N) is 1. The molecule has 0 saturated heterocycles. The van der Waals surface area contributed by atoms with E-state index >= 15 is 0 Å². The number of anilines is 2. The first-order chi connectivity index (χ1) is 12.1. The zero-order valence-corrected chi connectivity index (χ0v) is 16.6. The maximum atomic E-state index is 12.7. The minimum atomic E-state index is -3.72. The SMILES string of the molecule is COc1cccc(NC(=O)[C@@H](C)N(c2cc(Cl)ccc2C)S(C)(=O)=O)c1. The number of sulfonamides is 1. The number of rotatable bonds is 6. The molecule has 2 aromatic carbocycles. The average molecular weight is 397 g/mol. The third-order valence-corrected chi connectivity index (χ3v) is 5.30. The fourth-order valence-corrected chi connectivity index (χ4v) is 3.94. The van der Waals surface area contributed by atoms with Gasteiger partial charge in [0.15, 0.2) is 0 Å². The molecule has 0 aromatic heterocycles. The van der Waals surface area contributed by atoms with E-state index in [0.717, 1.165) is 10.6 Å². The first kappa shape index (κ1) is 20.1. The highest BCUT2D eigenvalue weighted by molar-refractivity contribution is 7.92. The maximum absolute atomic E-state index is 12.7. The topological polar surface area (TPSA) is 75.7 Å². The van der Waals surface area contributed by atoms with Gasteiger partial charge in [-0.25, -0.2) is 8.42 Å². The highest BCUT2D eigenvalue weighted by atomic mass is 35.5. The van der Waals surface area contributed by atoms with Crippen LogP contribution in [0, 0.1) is 6.92 Å². The number of aryl methyl sites for hydroxylation is 1. The number of carbonyl (C=O) groups is 1. The zero-order chi connectivity index (χ0) is 19.5. The van der Waals surface area contributed by atoms with Crippen LogP contribution in [0.3, 0.4) is 0 Å². The van der Waals surface area contributed by atoms with Gasteiger partial charge in [-0.1, -0.05) is 23.7 Å². The summed E-state index contributed by atoms with van der Waals surface area (Å²) in [5.74, 6) is 0.115. The lowest BCUT2D eigenvalue weighted by Gasteiger charge is -2.29. The van der Waals surface area contributed by atoms with Crippen molar-refractivity contribution in [2.45, 2.75) is 19.9 Å². The summed E-state index contributed by atoms with van der Waals surface area (Å²) in [5.41, 5.74) is 1.58. The Morgan fingerprint density at radius 3 is 2.54 bits per heavy atom. The summed E-state index contributed by atoms with van der Waals surface area (Å²) in [6, 6.07) is 10.8. The van der Waals surface area contributed by atoms with Crippen molar-refractivity contribution in [3.63, 3.8) is 0 Å². The fraction of sp³-hybridized carbons (Fsp3) is 0.278. The van der Waals surface area contributed by atoms with Gasteiger partial charge in [0.05, 0.1) is 19.1 Å². The van der Waals surface area contributed by atoms with Gasteiger partial charge in [0.2, 0.25) is 15.9 Å². The number of amides is 1. The summed E-state index contributed by atoms with van der Waals surface area (Å²) in [4.78, 5) is 12.7. The first-order valence-electron chi connectivity index (χ1n) is 7.84. The largest absolute Gasteiger partial charge is 0.497 e. The molecule has 140 valence electrons. The Hall–Kier alpha value is -2.25. The van der Waals surface area contributed by atoms with Gasteiger partial charge in [-0.05, 0) is 43.7 Å². The molecule has 2 rings (SSSR count). The molecule has 1 amide bonds. The Morgan fingerprint density at radius 1 is 1.23 bits per heavy atom. The summed E-state index contributed by atoms with van der Waals surface area (Å²) in [7, 11) is -2.19. The second kappa shape index (κ2) is 7.97. The van der Waals surface area contributed by atoms with Crippen molar-refractivity contribution in [2.75, 3.05) is 23.0 Å². The lowest BCUT2D eigenvalue weighted by Crippen LogP contribution is -2.45. The number of hydrogen-bond donors (Lipinski definition) is 1. The van der Waals surface area contributed by atoms with Gasteiger partial charge in [0.25, 0.3) is 0 Å². The number of methoxy groups -OCH3 is 1. The van der Waals surface area contributed by atoms with Gasteiger partial charge in [-0.15, -0.1) is 0 Å². The molecule has 6 nitrogen and oxygen atoms in total. The molecule has 0 bridgehead atoms. The van der Waals surface area contributed by atoms with Crippen molar-refractivity contribution >= 4 is 38.9 Å². The van der Waals surface area contributed by atoms with E-state index in [1.807, 2.05) is 0 Å². The predicted molar refractivity (Wildman–Crippen MR) is 105 cm³/mol. The second-order valence-corrected chi connectivity index (χ2v) is 8.18. The minimum Gasteiger partial charge on any atom is -0.497 e. The molecule has 0 heterocycles. The van der Waals surface area contributed by atoms with Crippen molar-refractivity contribution in [2.24, 2.45) is 0 Å². The minimum absolute atomic E-state index is 0.369. The van der Waals surface area contributed by atoms with Gasteiger partial charge < -0.3 is 10.1 Å². The van der Waals surface area contributed by atoms with E-state index in [2.05, 4.69) is 5.32 Å². The molecule has 26 heavy (non-hydrogen) atoms. The third kappa shape index (κ3) is 4.68. The van der Waals surface area contributed by atoms with Crippen molar-refractivity contribution in [3.8, 4) is 5.75 Å². The van der Waals surface area contributed by atoms with Gasteiger partial charge in [0.1, 0.15) is 11.8 Å². The first-order valence-corrected chi connectivity index (χ1v) is 10.1. The number of ether oxygens (including phenoxy) is 1. The molecule has 0 aliphatic rings. The summed E-state index contributed by atoms with van der Waals surface area (Å²) in [6.07, 6.45) is 1.06. The van der Waals surface area contributed by atoms with E-state index in [4.69, 9.17) is 16.3 Å². The molecule has 0 aliphatic heterocycles. The van der Waals surface area contributed by atoms with Crippen LogP contribution in [0.1, 0.15) is 12.5 Å². The molecular formula is C18H21ClN2O4S. The standard InChI is InChI=1S/C18H21ClN2O4S/c1-12-8-9-14(19)10-17(12)21(26(4,23)24)13(2)18(22)20-15-6-5-7-16(11-15)25-3/h5-11,13H,1-4H3,(H,20,22)/t13-/m1/s1. The molecule has 2 aromatic rings. The van der Waals surface area contributed by atoms with Crippen LogP contribution in [0.15, 0.2) is 42.5 Å². The Balaban J connectivity index is 2.36. The van der Waals surface area contributed by atoms with Crippen LogP contribution in [0.4, 0.5) is 11.4 Å². The van der Waals surface area contributed by atoms with E-state index in [-0.39, 0.29) is 0 Å². The van der Waals surface area contributed by atoms with Gasteiger partial charge in [-0.3, -0.25) is 9.10 Å². The fourth-order valence-electron chi connectivity index (χ4n) is 2.55. The lowest BCUT2D eigenvalue weighted by atomic mass is 10.1. The quantitative estimate of drug-likeness (QED) is 0.811. The Morgan fingerprint density at radius 2 is 1.92 bits per heavy atom. The molecule has 0 aliphatic carbocycles. The van der Waals surface area contributed by atoms with Gasteiger partial charge >= 0.3 is 0 Å². The molecule has 0 saturated carbocycles. The second-order valence-electron chi connectivity index (χ2n) is 5.89. The van der Waals surface area contributed by atoms with E-state index in [0.29, 0.717) is 27.7 Å². The maximum Gasteiger partial charge on any atom is 0.247 e. The van der Waals surface area contributed by atoms with E-state index in [1.54, 1.807) is 43.3 Å². The predicted octanol–water partition coefficient (Wildman–Crippen LogP) is 3.45. The van der Waals surface area contributed by atoms with Crippen LogP contribution in [0.5, 0.6) is 5.75 Å². The van der Waals surface area contributed by atoms with Gasteiger partial charge in [-0.2, -0.15) is 0 Å². The smallest absolute Gasteiger partial charge is 0.247 e. The molecular weight excluding hydrogens is 376 g/mol. The molecule has 8 heteroatoms. The summed E-state index contributed by atoms with van der Waals surface area (Å²) >= 11 is 6.02. The molecule has 0 unspecified atom stereocenters. The van der Waals surface area contributed by atoms with E-state index in [1.165, 1.54) is 20.1 Å². The number of carbonyl (C=O) groups excluding carboxylic acids is 1. The van der Waals surface area contributed by atoms with E-state index < -0.39 is 22.0 Å². The number of nitrogens with one attached hydrogen (secondary N) is 1. The van der Waals surface area contributed by atoms with Crippen LogP contribution in [0.25, 0.3) is 0 Å². The van der Waals surface area contributed by atoms with Crippen LogP contribution in [0.2, 0.25) is 5.02 Å². The average Bonchev–Trinajstić information content (AvgIpc) is 2.57. The molecule has 0 fully saturated rings. The monoisotopic (exact) mass is 396 g/mol. The van der Waals surface area contributed by atoms with E-state index in [9.17, 15) is 13.2 Å².